The molecule has 0 spiro atoms. The normalized spacial score (nSPS) is 19.8. The first-order valence-corrected chi connectivity index (χ1v) is 11.5. The molecule has 2 unspecified atom stereocenters. The average Bonchev–Trinajstić information content (AvgIpc) is 3.03. The van der Waals surface area contributed by atoms with Crippen LogP contribution in [0, 0.1) is 17.2 Å². The van der Waals surface area contributed by atoms with E-state index in [-0.39, 0.29) is 18.1 Å². The number of nitriles is 1. The van der Waals surface area contributed by atoms with E-state index in [1.807, 2.05) is 57.2 Å². The number of fused-ring (bicyclic) bond motifs is 1. The van der Waals surface area contributed by atoms with Crippen molar-refractivity contribution in [2.75, 3.05) is 23.4 Å². The van der Waals surface area contributed by atoms with Crippen LogP contribution < -0.4 is 15.0 Å². The SMILES string of the molecule is CCOc1ccc2c(c1)N(CC1CCC1)C(c1ccc(NC(=O)OC(C)C)cc1)C2C#N. The number of anilines is 2. The molecule has 6 nitrogen and oxygen atoms in total. The Kier molecular flexibility index (Phi) is 6.55. The number of nitrogens with one attached hydrogen (secondary N) is 1. The second kappa shape index (κ2) is 9.52. The zero-order valence-corrected chi connectivity index (χ0v) is 19.0. The van der Waals surface area contributed by atoms with Gasteiger partial charge in [0, 0.05) is 24.0 Å². The van der Waals surface area contributed by atoms with Crippen molar-refractivity contribution in [3.8, 4) is 11.8 Å². The van der Waals surface area contributed by atoms with Crippen LogP contribution in [-0.4, -0.2) is 25.3 Å². The molecule has 1 N–H and O–H groups in total. The maximum Gasteiger partial charge on any atom is 0.411 e. The van der Waals surface area contributed by atoms with E-state index in [1.165, 1.54) is 19.3 Å². The van der Waals surface area contributed by atoms with E-state index in [4.69, 9.17) is 9.47 Å². The Hall–Kier alpha value is -3.20. The molecule has 2 aromatic carbocycles. The van der Waals surface area contributed by atoms with Crippen LogP contribution in [0.4, 0.5) is 16.2 Å². The summed E-state index contributed by atoms with van der Waals surface area (Å²) >= 11 is 0. The monoisotopic (exact) mass is 433 g/mol. The van der Waals surface area contributed by atoms with Gasteiger partial charge in [-0.05, 0) is 68.9 Å². The van der Waals surface area contributed by atoms with Gasteiger partial charge in [-0.3, -0.25) is 5.32 Å². The number of amides is 1. The summed E-state index contributed by atoms with van der Waals surface area (Å²) in [7, 11) is 0. The van der Waals surface area contributed by atoms with Crippen molar-refractivity contribution in [3.63, 3.8) is 0 Å². The largest absolute Gasteiger partial charge is 0.494 e. The molecule has 1 saturated carbocycles. The van der Waals surface area contributed by atoms with Crippen LogP contribution in [0.3, 0.4) is 0 Å². The molecule has 0 bridgehead atoms. The quantitative estimate of drug-likeness (QED) is 0.579. The molecule has 6 heteroatoms. The number of carbonyl (C=O) groups is 1. The smallest absolute Gasteiger partial charge is 0.411 e. The molecule has 0 aromatic heterocycles. The second-order valence-corrected chi connectivity index (χ2v) is 8.86. The van der Waals surface area contributed by atoms with Gasteiger partial charge in [0.25, 0.3) is 0 Å². The predicted octanol–water partition coefficient (Wildman–Crippen LogP) is 6.01. The van der Waals surface area contributed by atoms with Crippen molar-refractivity contribution >= 4 is 17.5 Å². The van der Waals surface area contributed by atoms with Gasteiger partial charge in [-0.15, -0.1) is 0 Å². The van der Waals surface area contributed by atoms with Crippen LogP contribution in [-0.2, 0) is 4.74 Å². The first kappa shape index (κ1) is 22.0. The third-order valence-corrected chi connectivity index (χ3v) is 6.27. The first-order chi connectivity index (χ1) is 15.5. The number of hydrogen-bond acceptors (Lipinski definition) is 5. The fraction of sp³-hybridized carbons (Fsp3) is 0.462. The van der Waals surface area contributed by atoms with Gasteiger partial charge in [0.05, 0.1) is 30.7 Å². The van der Waals surface area contributed by atoms with E-state index in [9.17, 15) is 10.1 Å². The molecule has 168 valence electrons. The van der Waals surface area contributed by atoms with Gasteiger partial charge < -0.3 is 14.4 Å². The highest BCUT2D eigenvalue weighted by atomic mass is 16.6. The Morgan fingerprint density at radius 1 is 1.22 bits per heavy atom. The van der Waals surface area contributed by atoms with Crippen LogP contribution >= 0.6 is 0 Å². The molecule has 4 rings (SSSR count). The molecule has 32 heavy (non-hydrogen) atoms. The Balaban J connectivity index is 1.63. The Labute approximate surface area is 190 Å². The third-order valence-electron chi connectivity index (χ3n) is 6.27. The minimum Gasteiger partial charge on any atom is -0.494 e. The number of hydrogen-bond donors (Lipinski definition) is 1. The van der Waals surface area contributed by atoms with E-state index in [0.717, 1.165) is 29.1 Å². The molecule has 0 radical (unpaired) electrons. The molecule has 2 aromatic rings. The van der Waals surface area contributed by atoms with Crippen molar-refractivity contribution in [1.82, 2.24) is 0 Å². The lowest BCUT2D eigenvalue weighted by Gasteiger charge is -2.36. The van der Waals surface area contributed by atoms with Crippen molar-refractivity contribution in [3.05, 3.63) is 53.6 Å². The number of benzene rings is 2. The average molecular weight is 434 g/mol. The lowest BCUT2D eigenvalue weighted by Crippen LogP contribution is -2.34. The standard InChI is InChI=1S/C26H31N3O3/c1-4-31-21-12-13-22-23(15-27)25(29(24(22)14-21)16-18-6-5-7-18)19-8-10-20(11-9-19)28-26(30)32-17(2)3/h8-14,17-18,23,25H,4-7,16H2,1-3H3,(H,28,30). The minimum atomic E-state index is -0.467. The predicted molar refractivity (Wildman–Crippen MR) is 125 cm³/mol. The highest BCUT2D eigenvalue weighted by Gasteiger charge is 2.41. The third kappa shape index (κ3) is 4.52. The van der Waals surface area contributed by atoms with Gasteiger partial charge in [0.2, 0.25) is 0 Å². The summed E-state index contributed by atoms with van der Waals surface area (Å²) in [5.74, 6) is 1.24. The van der Waals surface area contributed by atoms with Crippen molar-refractivity contribution < 1.29 is 14.3 Å². The molecule has 2 aliphatic rings. The van der Waals surface area contributed by atoms with Crippen molar-refractivity contribution in [2.45, 2.75) is 58.1 Å². The second-order valence-electron chi connectivity index (χ2n) is 8.86. The van der Waals surface area contributed by atoms with Gasteiger partial charge in [-0.25, -0.2) is 4.79 Å². The fourth-order valence-electron chi connectivity index (χ4n) is 4.59. The highest BCUT2D eigenvalue weighted by Crippen LogP contribution is 2.51. The molecule has 2 atom stereocenters. The Morgan fingerprint density at radius 3 is 2.56 bits per heavy atom. The van der Waals surface area contributed by atoms with Crippen LogP contribution in [0.5, 0.6) is 5.75 Å². The molecule has 1 heterocycles. The van der Waals surface area contributed by atoms with Crippen molar-refractivity contribution in [1.29, 1.82) is 5.26 Å². The lowest BCUT2D eigenvalue weighted by atomic mass is 9.84. The summed E-state index contributed by atoms with van der Waals surface area (Å²) in [6.07, 6.45) is 3.11. The van der Waals surface area contributed by atoms with Gasteiger partial charge in [0.15, 0.2) is 0 Å². The van der Waals surface area contributed by atoms with E-state index >= 15 is 0 Å². The van der Waals surface area contributed by atoms with E-state index in [2.05, 4.69) is 22.4 Å². The minimum absolute atomic E-state index is 0.0656. The van der Waals surface area contributed by atoms with E-state index < -0.39 is 6.09 Å². The van der Waals surface area contributed by atoms with Crippen LogP contribution in [0.15, 0.2) is 42.5 Å². The Bertz CT molecular complexity index is 992. The zero-order chi connectivity index (χ0) is 22.7. The number of ether oxygens (including phenoxy) is 2. The maximum absolute atomic E-state index is 11.9. The van der Waals surface area contributed by atoms with Crippen LogP contribution in [0.1, 0.15) is 63.1 Å². The van der Waals surface area contributed by atoms with Crippen LogP contribution in [0.2, 0.25) is 0 Å². The number of nitrogens with zero attached hydrogens (tertiary/aromatic N) is 2. The summed E-state index contributed by atoms with van der Waals surface area (Å²) in [5, 5.41) is 12.9. The van der Waals surface area contributed by atoms with Gasteiger partial charge in [-0.2, -0.15) is 5.26 Å². The lowest BCUT2D eigenvalue weighted by molar-refractivity contribution is 0.130. The maximum atomic E-state index is 11.9. The summed E-state index contributed by atoms with van der Waals surface area (Å²) < 4.78 is 10.9. The first-order valence-electron chi connectivity index (χ1n) is 11.5. The molecule has 1 aliphatic carbocycles. The topological polar surface area (TPSA) is 74.6 Å². The molecule has 1 amide bonds. The van der Waals surface area contributed by atoms with E-state index in [0.29, 0.717) is 18.2 Å². The molecular formula is C26H31N3O3. The van der Waals surface area contributed by atoms with Gasteiger partial charge in [-0.1, -0.05) is 24.6 Å². The summed E-state index contributed by atoms with van der Waals surface area (Å²) in [6, 6.07) is 16.3. The Morgan fingerprint density at radius 2 is 1.97 bits per heavy atom. The van der Waals surface area contributed by atoms with Crippen LogP contribution in [0.25, 0.3) is 0 Å². The zero-order valence-electron chi connectivity index (χ0n) is 19.0. The molecule has 0 saturated heterocycles. The molecular weight excluding hydrogens is 402 g/mol. The van der Waals surface area contributed by atoms with Gasteiger partial charge >= 0.3 is 6.09 Å². The molecule has 1 fully saturated rings. The fourth-order valence-corrected chi connectivity index (χ4v) is 4.59. The summed E-state index contributed by atoms with van der Waals surface area (Å²) in [4.78, 5) is 14.3. The number of rotatable bonds is 7. The number of carbonyl (C=O) groups excluding carboxylic acids is 1. The summed E-state index contributed by atoms with van der Waals surface area (Å²) in [6.45, 7) is 7.16. The van der Waals surface area contributed by atoms with Gasteiger partial charge in [0.1, 0.15) is 5.75 Å². The summed E-state index contributed by atoms with van der Waals surface area (Å²) in [5.41, 5.74) is 3.89. The van der Waals surface area contributed by atoms with Crippen molar-refractivity contribution in [2.24, 2.45) is 5.92 Å². The molecule has 1 aliphatic heterocycles. The van der Waals surface area contributed by atoms with E-state index in [1.54, 1.807) is 0 Å². The highest BCUT2D eigenvalue weighted by molar-refractivity contribution is 5.84.